The van der Waals surface area contributed by atoms with Gasteiger partial charge in [0.05, 0.1) is 6.61 Å². The summed E-state index contributed by atoms with van der Waals surface area (Å²) >= 11 is 1.34. The SMILES string of the molecule is C=C(/C=C\C=C/C)C(=O)NN/C(=N/c1sc(CO)c(CC)c1C)NC(C)=O. The number of amides is 2. The fourth-order valence-electron chi connectivity index (χ4n) is 2.20. The zero-order valence-electron chi connectivity index (χ0n) is 16.0. The number of guanidine groups is 1. The molecule has 0 saturated carbocycles. The van der Waals surface area contributed by atoms with Crippen LogP contribution in [0.1, 0.15) is 36.8 Å². The first-order valence-electron chi connectivity index (χ1n) is 8.46. The highest BCUT2D eigenvalue weighted by Crippen LogP contribution is 2.35. The van der Waals surface area contributed by atoms with Crippen LogP contribution in [-0.4, -0.2) is 22.9 Å². The van der Waals surface area contributed by atoms with Crippen LogP contribution < -0.4 is 16.2 Å². The van der Waals surface area contributed by atoms with E-state index >= 15 is 0 Å². The Morgan fingerprint density at radius 1 is 1.30 bits per heavy atom. The summed E-state index contributed by atoms with van der Waals surface area (Å²) in [5, 5.41) is 12.7. The Balaban J connectivity index is 2.98. The summed E-state index contributed by atoms with van der Waals surface area (Å²) in [7, 11) is 0. The van der Waals surface area contributed by atoms with E-state index in [2.05, 4.69) is 27.7 Å². The van der Waals surface area contributed by atoms with Gasteiger partial charge in [0.2, 0.25) is 11.9 Å². The van der Waals surface area contributed by atoms with Crippen LogP contribution in [0.25, 0.3) is 0 Å². The lowest BCUT2D eigenvalue weighted by Gasteiger charge is -2.11. The lowest BCUT2D eigenvalue weighted by Crippen LogP contribution is -2.49. The maximum atomic E-state index is 12.1. The molecule has 7 nitrogen and oxygen atoms in total. The monoisotopic (exact) mass is 390 g/mol. The Labute approximate surface area is 163 Å². The predicted molar refractivity (Wildman–Crippen MR) is 110 cm³/mol. The molecule has 0 aliphatic heterocycles. The minimum Gasteiger partial charge on any atom is -0.391 e. The van der Waals surface area contributed by atoms with E-state index in [1.807, 2.05) is 26.8 Å². The van der Waals surface area contributed by atoms with Gasteiger partial charge in [-0.25, -0.2) is 4.99 Å². The summed E-state index contributed by atoms with van der Waals surface area (Å²) < 4.78 is 0. The van der Waals surface area contributed by atoms with Gasteiger partial charge in [0.25, 0.3) is 5.91 Å². The van der Waals surface area contributed by atoms with Gasteiger partial charge in [0, 0.05) is 17.4 Å². The quantitative estimate of drug-likeness (QED) is 0.197. The minimum absolute atomic E-state index is 0.0673. The largest absolute Gasteiger partial charge is 0.391 e. The average molecular weight is 391 g/mol. The second-order valence-corrected chi connectivity index (χ2v) is 6.66. The maximum Gasteiger partial charge on any atom is 0.269 e. The smallest absolute Gasteiger partial charge is 0.269 e. The molecule has 0 saturated heterocycles. The van der Waals surface area contributed by atoms with Crippen molar-refractivity contribution >= 4 is 34.1 Å². The fourth-order valence-corrected chi connectivity index (χ4v) is 3.33. The normalized spacial score (nSPS) is 11.8. The van der Waals surface area contributed by atoms with Crippen molar-refractivity contribution in [3.8, 4) is 0 Å². The number of hydrazine groups is 1. The number of hydrogen-bond donors (Lipinski definition) is 4. The van der Waals surface area contributed by atoms with Crippen LogP contribution in [0.3, 0.4) is 0 Å². The first kappa shape index (κ1) is 22.3. The van der Waals surface area contributed by atoms with E-state index in [0.717, 1.165) is 22.4 Å². The molecule has 0 unspecified atom stereocenters. The number of nitrogens with zero attached hydrogens (tertiary/aromatic N) is 1. The highest BCUT2D eigenvalue weighted by Gasteiger charge is 2.14. The van der Waals surface area contributed by atoms with Gasteiger partial charge in [-0.15, -0.1) is 11.3 Å². The Hall–Kier alpha value is -2.71. The van der Waals surface area contributed by atoms with Gasteiger partial charge in [-0.1, -0.05) is 37.8 Å². The number of carbonyl (C=O) groups excluding carboxylic acids is 2. The second-order valence-electron chi connectivity index (χ2n) is 5.58. The molecule has 0 fully saturated rings. The van der Waals surface area contributed by atoms with Crippen molar-refractivity contribution in [2.24, 2.45) is 4.99 Å². The maximum absolute atomic E-state index is 12.1. The van der Waals surface area contributed by atoms with E-state index in [0.29, 0.717) is 5.00 Å². The van der Waals surface area contributed by atoms with Crippen molar-refractivity contribution in [2.75, 3.05) is 0 Å². The van der Waals surface area contributed by atoms with Crippen molar-refractivity contribution in [3.05, 3.63) is 52.5 Å². The summed E-state index contributed by atoms with van der Waals surface area (Å²) in [5.74, 6) is -0.714. The second kappa shape index (κ2) is 11.1. The van der Waals surface area contributed by atoms with Gasteiger partial charge >= 0.3 is 0 Å². The molecule has 0 spiro atoms. The van der Waals surface area contributed by atoms with Gasteiger partial charge in [0.1, 0.15) is 5.00 Å². The van der Waals surface area contributed by atoms with Crippen LogP contribution in [-0.2, 0) is 22.6 Å². The van der Waals surface area contributed by atoms with Crippen molar-refractivity contribution in [2.45, 2.75) is 40.7 Å². The molecule has 0 aromatic carbocycles. The molecule has 1 aromatic rings. The summed E-state index contributed by atoms with van der Waals surface area (Å²) in [5.41, 5.74) is 7.27. The highest BCUT2D eigenvalue weighted by atomic mass is 32.1. The number of rotatable bonds is 6. The molecule has 4 N–H and O–H groups in total. The molecule has 27 heavy (non-hydrogen) atoms. The van der Waals surface area contributed by atoms with Crippen LogP contribution in [0, 0.1) is 6.92 Å². The van der Waals surface area contributed by atoms with Gasteiger partial charge in [0.15, 0.2) is 0 Å². The van der Waals surface area contributed by atoms with Crippen molar-refractivity contribution in [3.63, 3.8) is 0 Å². The summed E-state index contributed by atoms with van der Waals surface area (Å²) in [6, 6.07) is 0. The standard InChI is InChI=1S/C19H26N4O3S/c1-6-8-9-10-12(3)17(26)22-23-19(20-14(5)25)21-18-13(4)15(7-2)16(11-24)27-18/h6,8-10,24H,3,7,11H2,1-2,4-5H3,(H,22,26)(H2,20,21,23,25)/b8-6-,10-9-. The van der Waals surface area contributed by atoms with Crippen LogP contribution in [0.15, 0.2) is 41.4 Å². The molecule has 1 heterocycles. The predicted octanol–water partition coefficient (Wildman–Crippen LogP) is 2.54. The first-order valence-corrected chi connectivity index (χ1v) is 9.28. The molecule has 0 atom stereocenters. The van der Waals surface area contributed by atoms with Crippen LogP contribution in [0.5, 0.6) is 0 Å². The van der Waals surface area contributed by atoms with Crippen molar-refractivity contribution < 1.29 is 14.7 Å². The molecule has 1 aromatic heterocycles. The zero-order chi connectivity index (χ0) is 20.4. The van der Waals surface area contributed by atoms with Gasteiger partial charge < -0.3 is 5.11 Å². The highest BCUT2D eigenvalue weighted by molar-refractivity contribution is 7.16. The third-order valence-corrected chi connectivity index (χ3v) is 4.73. The lowest BCUT2D eigenvalue weighted by molar-refractivity contribution is -0.119. The average Bonchev–Trinajstić information content (AvgIpc) is 2.93. The zero-order valence-corrected chi connectivity index (χ0v) is 16.9. The molecule has 0 radical (unpaired) electrons. The van der Waals surface area contributed by atoms with Gasteiger partial charge in [-0.05, 0) is 31.4 Å². The van der Waals surface area contributed by atoms with E-state index in [9.17, 15) is 14.7 Å². The summed E-state index contributed by atoms with van der Waals surface area (Å²) in [4.78, 5) is 28.7. The van der Waals surface area contributed by atoms with E-state index in [1.54, 1.807) is 18.2 Å². The van der Waals surface area contributed by atoms with Crippen LogP contribution in [0.4, 0.5) is 5.00 Å². The topological polar surface area (TPSA) is 103 Å². The van der Waals surface area contributed by atoms with E-state index in [1.165, 1.54) is 18.3 Å². The van der Waals surface area contributed by atoms with Gasteiger partial charge in [-0.3, -0.25) is 25.8 Å². The number of aliphatic hydroxyl groups is 1. The number of allylic oxidation sites excluding steroid dienone is 3. The number of nitrogens with one attached hydrogen (secondary N) is 3. The molecule has 0 aliphatic rings. The fraction of sp³-hybridized carbons (Fsp3) is 0.316. The molecule has 0 aliphatic carbocycles. The molecule has 1 rings (SSSR count). The van der Waals surface area contributed by atoms with E-state index in [-0.39, 0.29) is 24.0 Å². The molecular weight excluding hydrogens is 364 g/mol. The molecule has 0 bridgehead atoms. The number of carbonyl (C=O) groups is 2. The third kappa shape index (κ3) is 6.84. The summed E-state index contributed by atoms with van der Waals surface area (Å²) in [6.45, 7) is 10.7. The molecule has 2 amide bonds. The Bertz CT molecular complexity index is 791. The Kier molecular flexibility index (Phi) is 9.18. The van der Waals surface area contributed by atoms with Crippen molar-refractivity contribution in [1.29, 1.82) is 0 Å². The number of thiophene rings is 1. The summed E-state index contributed by atoms with van der Waals surface area (Å²) in [6.07, 6.45) is 7.64. The lowest BCUT2D eigenvalue weighted by atomic mass is 10.1. The van der Waals surface area contributed by atoms with Crippen LogP contribution >= 0.6 is 11.3 Å². The molecule has 8 heteroatoms. The van der Waals surface area contributed by atoms with Gasteiger partial charge in [-0.2, -0.15) is 0 Å². The third-order valence-electron chi connectivity index (χ3n) is 3.52. The minimum atomic E-state index is -0.456. The molecule has 146 valence electrons. The number of aliphatic imine (C=N–C) groups is 1. The van der Waals surface area contributed by atoms with E-state index in [4.69, 9.17) is 0 Å². The van der Waals surface area contributed by atoms with Crippen LogP contribution in [0.2, 0.25) is 0 Å². The molecular formula is C19H26N4O3S. The number of aliphatic hydroxyl groups excluding tert-OH is 1. The first-order chi connectivity index (χ1) is 12.8. The van der Waals surface area contributed by atoms with Crippen molar-refractivity contribution in [1.82, 2.24) is 16.2 Å². The van der Waals surface area contributed by atoms with E-state index < -0.39 is 5.91 Å². The number of hydrogen-bond acceptors (Lipinski definition) is 5. The Morgan fingerprint density at radius 2 is 2.00 bits per heavy atom. The Morgan fingerprint density at radius 3 is 2.52 bits per heavy atom.